The maximum Gasteiger partial charge on any atom is 0.249 e. The molecule has 208 valence electrons. The minimum absolute atomic E-state index is 0.111. The first-order chi connectivity index (χ1) is 19.4. The molecule has 1 unspecified atom stereocenters. The third-order valence-electron chi connectivity index (χ3n) is 8.71. The summed E-state index contributed by atoms with van der Waals surface area (Å²) in [5.74, 6) is -2.27. The Bertz CT molecular complexity index is 1340. The van der Waals surface area contributed by atoms with E-state index in [9.17, 15) is 19.5 Å². The molecule has 0 radical (unpaired) electrons. The highest BCUT2D eigenvalue weighted by molar-refractivity contribution is 6.00. The van der Waals surface area contributed by atoms with Crippen molar-refractivity contribution in [3.05, 3.63) is 96.1 Å². The molecule has 8 nitrogen and oxygen atoms in total. The largest absolute Gasteiger partial charge is 0.396 e. The Morgan fingerprint density at radius 2 is 1.38 bits per heavy atom. The number of nitrogens with zero attached hydrogens (tertiary/aromatic N) is 3. The van der Waals surface area contributed by atoms with Crippen LogP contribution < -0.4 is 0 Å². The summed E-state index contributed by atoms with van der Waals surface area (Å²) in [5.41, 5.74) is -0.349. The van der Waals surface area contributed by atoms with Gasteiger partial charge in [0.15, 0.2) is 0 Å². The molecule has 0 saturated carbocycles. The van der Waals surface area contributed by atoms with Crippen molar-refractivity contribution < 1.29 is 24.2 Å². The quantitative estimate of drug-likeness (QED) is 0.545. The standard InChI is InChI=1S/C32H35N3O5/c1-31-15-8-17-33(21-23-11-4-2-5-12-23)28(37)25(31)26-29(38)35(19-10-20-36)27-30(39)34(18-9-16-32(26,27)40-31)22-24-13-6-3-7-14-24/h2-9,11-16,25-27,36H,10,17-22H2,1H3/t25-,26-,27?,31+,32-/m0/s1. The molecule has 0 aliphatic carbocycles. The molecular weight excluding hydrogens is 506 g/mol. The SMILES string of the molecule is C[C@@]12C=CCN(Cc3ccccc3)C(=O)[C@@H]1[C@H]1C(=O)N(CCCO)C3C(=O)N(Cc4ccccc4)CC=C[C@@]31O2. The summed E-state index contributed by atoms with van der Waals surface area (Å²) in [6.45, 7) is 3.56. The number of fused-ring (bicyclic) bond motifs is 2. The number of likely N-dealkylation sites (tertiary alicyclic amines) is 1. The second-order valence-corrected chi connectivity index (χ2v) is 11.3. The van der Waals surface area contributed by atoms with Crippen molar-refractivity contribution >= 4 is 17.7 Å². The third-order valence-corrected chi connectivity index (χ3v) is 8.71. The topological polar surface area (TPSA) is 90.4 Å². The van der Waals surface area contributed by atoms with Gasteiger partial charge in [0.2, 0.25) is 17.7 Å². The molecule has 3 amide bonds. The smallest absolute Gasteiger partial charge is 0.249 e. The summed E-state index contributed by atoms with van der Waals surface area (Å²) < 4.78 is 6.85. The molecule has 4 heterocycles. The van der Waals surface area contributed by atoms with Gasteiger partial charge in [-0.05, 0) is 24.5 Å². The average Bonchev–Trinajstić information content (AvgIpc) is 3.23. The van der Waals surface area contributed by atoms with Gasteiger partial charge in [-0.2, -0.15) is 0 Å². The van der Waals surface area contributed by atoms with Gasteiger partial charge in [0.25, 0.3) is 0 Å². The Kier molecular flexibility index (Phi) is 6.84. The fourth-order valence-corrected chi connectivity index (χ4v) is 6.99. The predicted molar refractivity (Wildman–Crippen MR) is 148 cm³/mol. The predicted octanol–water partition coefficient (Wildman–Crippen LogP) is 2.54. The lowest BCUT2D eigenvalue weighted by molar-refractivity contribution is -0.153. The van der Waals surface area contributed by atoms with E-state index < -0.39 is 29.1 Å². The van der Waals surface area contributed by atoms with E-state index in [2.05, 4.69) is 0 Å². The fourth-order valence-electron chi connectivity index (χ4n) is 6.99. The van der Waals surface area contributed by atoms with Crippen molar-refractivity contribution in [3.8, 4) is 0 Å². The van der Waals surface area contributed by atoms with Gasteiger partial charge in [-0.25, -0.2) is 0 Å². The highest BCUT2D eigenvalue weighted by atomic mass is 16.5. The van der Waals surface area contributed by atoms with Crippen LogP contribution in [0.5, 0.6) is 0 Å². The second kappa shape index (κ2) is 10.3. The summed E-state index contributed by atoms with van der Waals surface area (Å²) in [4.78, 5) is 47.9. The van der Waals surface area contributed by atoms with Crippen LogP contribution in [0.15, 0.2) is 85.0 Å². The molecule has 4 aliphatic heterocycles. The maximum absolute atomic E-state index is 14.3. The third kappa shape index (κ3) is 4.26. The van der Waals surface area contributed by atoms with Gasteiger partial charge < -0.3 is 24.5 Å². The molecule has 6 rings (SSSR count). The average molecular weight is 542 g/mol. The Labute approximate surface area is 234 Å². The van der Waals surface area contributed by atoms with Gasteiger partial charge in [-0.3, -0.25) is 14.4 Å². The van der Waals surface area contributed by atoms with E-state index in [0.717, 1.165) is 11.1 Å². The van der Waals surface area contributed by atoms with Crippen molar-refractivity contribution in [3.63, 3.8) is 0 Å². The maximum atomic E-state index is 14.3. The number of carbonyl (C=O) groups is 3. The molecule has 1 spiro atoms. The Balaban J connectivity index is 1.39. The van der Waals surface area contributed by atoms with Crippen LogP contribution in [0, 0.1) is 11.8 Å². The van der Waals surface area contributed by atoms with Gasteiger partial charge >= 0.3 is 0 Å². The molecule has 4 aliphatic rings. The Morgan fingerprint density at radius 1 is 0.800 bits per heavy atom. The zero-order chi connectivity index (χ0) is 27.9. The normalized spacial score (nSPS) is 31.2. The molecule has 5 atom stereocenters. The van der Waals surface area contributed by atoms with Gasteiger partial charge in [0, 0.05) is 39.3 Å². The number of ether oxygens (including phenoxy) is 1. The summed E-state index contributed by atoms with van der Waals surface area (Å²) in [5, 5.41) is 9.61. The summed E-state index contributed by atoms with van der Waals surface area (Å²) in [6.07, 6.45) is 7.94. The van der Waals surface area contributed by atoms with E-state index in [1.807, 2.05) is 91.9 Å². The first kappa shape index (κ1) is 26.5. The number of hydrogen-bond donors (Lipinski definition) is 1. The van der Waals surface area contributed by atoms with Crippen LogP contribution in [-0.2, 0) is 32.2 Å². The van der Waals surface area contributed by atoms with Crippen LogP contribution in [0.3, 0.4) is 0 Å². The molecule has 2 aromatic carbocycles. The van der Waals surface area contributed by atoms with Crippen LogP contribution in [0.1, 0.15) is 24.5 Å². The number of rotatable bonds is 7. The molecule has 0 aromatic heterocycles. The molecule has 2 aromatic rings. The lowest BCUT2D eigenvalue weighted by Crippen LogP contribution is -2.55. The lowest BCUT2D eigenvalue weighted by Gasteiger charge is -2.37. The van der Waals surface area contributed by atoms with Crippen molar-refractivity contribution in [2.45, 2.75) is 43.7 Å². The number of aliphatic hydroxyl groups is 1. The highest BCUT2D eigenvalue weighted by Gasteiger charge is 2.74. The van der Waals surface area contributed by atoms with Gasteiger partial charge in [0.1, 0.15) is 11.6 Å². The Hall–Kier alpha value is -3.75. The first-order valence-corrected chi connectivity index (χ1v) is 14.0. The van der Waals surface area contributed by atoms with Crippen LogP contribution in [0.2, 0.25) is 0 Å². The first-order valence-electron chi connectivity index (χ1n) is 14.0. The summed E-state index contributed by atoms with van der Waals surface area (Å²) in [6, 6.07) is 18.6. The van der Waals surface area contributed by atoms with E-state index in [4.69, 9.17) is 4.74 Å². The minimum Gasteiger partial charge on any atom is -0.396 e. The number of amides is 3. The molecule has 0 bridgehead atoms. The van der Waals surface area contributed by atoms with Gasteiger partial charge in [-0.1, -0.05) is 85.0 Å². The van der Waals surface area contributed by atoms with Gasteiger partial charge in [0.05, 0.1) is 17.4 Å². The lowest BCUT2D eigenvalue weighted by atomic mass is 9.74. The van der Waals surface area contributed by atoms with E-state index in [0.29, 0.717) is 32.6 Å². The molecule has 1 N–H and O–H groups in total. The van der Waals surface area contributed by atoms with Crippen molar-refractivity contribution in [2.75, 3.05) is 26.2 Å². The number of carbonyl (C=O) groups excluding carboxylic acids is 3. The minimum atomic E-state index is -1.29. The van der Waals surface area contributed by atoms with Crippen molar-refractivity contribution in [1.29, 1.82) is 0 Å². The van der Waals surface area contributed by atoms with Crippen LogP contribution in [0.25, 0.3) is 0 Å². The van der Waals surface area contributed by atoms with E-state index in [1.165, 1.54) is 0 Å². The molecular formula is C32H35N3O5. The summed E-state index contributed by atoms with van der Waals surface area (Å²) >= 11 is 0. The van der Waals surface area contributed by atoms with Crippen LogP contribution in [0.4, 0.5) is 0 Å². The molecule has 8 heteroatoms. The fraction of sp³-hybridized carbons (Fsp3) is 0.406. The Morgan fingerprint density at radius 3 is 1.98 bits per heavy atom. The number of hydrogen-bond acceptors (Lipinski definition) is 5. The number of benzene rings is 2. The highest BCUT2D eigenvalue weighted by Crippen LogP contribution is 2.57. The zero-order valence-corrected chi connectivity index (χ0v) is 22.7. The molecule has 2 fully saturated rings. The summed E-state index contributed by atoms with van der Waals surface area (Å²) in [7, 11) is 0. The van der Waals surface area contributed by atoms with Crippen LogP contribution in [-0.4, -0.2) is 81.0 Å². The van der Waals surface area contributed by atoms with Crippen molar-refractivity contribution in [1.82, 2.24) is 14.7 Å². The van der Waals surface area contributed by atoms with E-state index >= 15 is 0 Å². The number of aliphatic hydroxyl groups excluding tert-OH is 1. The van der Waals surface area contributed by atoms with E-state index in [1.54, 1.807) is 14.7 Å². The monoisotopic (exact) mass is 541 g/mol. The van der Waals surface area contributed by atoms with Crippen molar-refractivity contribution in [2.24, 2.45) is 11.8 Å². The zero-order valence-electron chi connectivity index (χ0n) is 22.7. The molecule has 40 heavy (non-hydrogen) atoms. The second-order valence-electron chi connectivity index (χ2n) is 11.3. The molecule has 2 saturated heterocycles. The van der Waals surface area contributed by atoms with E-state index in [-0.39, 0.29) is 30.9 Å². The van der Waals surface area contributed by atoms with Crippen LogP contribution >= 0.6 is 0 Å². The van der Waals surface area contributed by atoms with Gasteiger partial charge in [-0.15, -0.1) is 0 Å².